The Labute approximate surface area is 141 Å². The zero-order valence-electron chi connectivity index (χ0n) is 14.0. The van der Waals surface area contributed by atoms with Crippen LogP contribution in [0.25, 0.3) is 0 Å². The summed E-state index contributed by atoms with van der Waals surface area (Å²) in [5.74, 6) is 1.61. The lowest BCUT2D eigenvalue weighted by Gasteiger charge is -2.31. The molecule has 0 radical (unpaired) electrons. The summed E-state index contributed by atoms with van der Waals surface area (Å²) in [6, 6.07) is 5.78. The quantitative estimate of drug-likeness (QED) is 0.935. The summed E-state index contributed by atoms with van der Waals surface area (Å²) in [5.41, 5.74) is 1.82. The van der Waals surface area contributed by atoms with Crippen LogP contribution in [-0.2, 0) is 4.79 Å². The molecule has 3 rings (SSSR count). The van der Waals surface area contributed by atoms with Gasteiger partial charge in [0.05, 0.1) is 19.0 Å². The molecule has 1 aliphatic rings. The van der Waals surface area contributed by atoms with Crippen molar-refractivity contribution in [1.29, 1.82) is 0 Å². The molecule has 0 spiro atoms. The number of carbonyl (C=O) groups is 1. The van der Waals surface area contributed by atoms with E-state index in [1.54, 1.807) is 25.7 Å². The third kappa shape index (κ3) is 3.64. The molecule has 1 amide bonds. The largest absolute Gasteiger partial charge is 0.495 e. The van der Waals surface area contributed by atoms with Crippen LogP contribution in [-0.4, -0.2) is 36.1 Å². The zero-order valence-corrected chi connectivity index (χ0v) is 14.0. The number of carbonyl (C=O) groups excluding carboxylic acids is 1. The third-order valence-corrected chi connectivity index (χ3v) is 4.35. The predicted octanol–water partition coefficient (Wildman–Crippen LogP) is 2.65. The molecule has 1 saturated heterocycles. The number of benzene rings is 1. The number of methoxy groups -OCH3 is 1. The second-order valence-corrected chi connectivity index (χ2v) is 6.02. The minimum Gasteiger partial charge on any atom is -0.495 e. The lowest BCUT2D eigenvalue weighted by molar-refractivity contribution is -0.120. The highest BCUT2D eigenvalue weighted by Gasteiger charge is 2.26. The van der Waals surface area contributed by atoms with Crippen LogP contribution in [0.4, 0.5) is 11.5 Å². The van der Waals surface area contributed by atoms with Crippen LogP contribution in [0.1, 0.15) is 18.4 Å². The molecule has 0 aliphatic carbocycles. The highest BCUT2D eigenvalue weighted by molar-refractivity contribution is 5.94. The van der Waals surface area contributed by atoms with Gasteiger partial charge in [0.15, 0.2) is 0 Å². The number of hydrogen-bond acceptors (Lipinski definition) is 5. The first kappa shape index (κ1) is 16.2. The summed E-state index contributed by atoms with van der Waals surface area (Å²) in [4.78, 5) is 23.2. The maximum atomic E-state index is 12.6. The number of piperidine rings is 1. The zero-order chi connectivity index (χ0) is 16.9. The first-order chi connectivity index (χ1) is 11.7. The second-order valence-electron chi connectivity index (χ2n) is 6.02. The summed E-state index contributed by atoms with van der Waals surface area (Å²) < 4.78 is 5.33. The second kappa shape index (κ2) is 7.29. The van der Waals surface area contributed by atoms with Crippen LogP contribution in [0.15, 0.2) is 36.8 Å². The van der Waals surface area contributed by atoms with Gasteiger partial charge in [-0.1, -0.05) is 6.07 Å². The summed E-state index contributed by atoms with van der Waals surface area (Å²) in [6.07, 6.45) is 6.72. The summed E-state index contributed by atoms with van der Waals surface area (Å²) in [5, 5.41) is 3.02. The Morgan fingerprint density at radius 1 is 1.29 bits per heavy atom. The minimum absolute atomic E-state index is 0.00291. The number of nitrogens with one attached hydrogen (secondary N) is 1. The number of ether oxygens (including phenoxy) is 1. The molecule has 126 valence electrons. The number of amides is 1. The van der Waals surface area contributed by atoms with E-state index >= 15 is 0 Å². The number of anilines is 2. The highest BCUT2D eigenvalue weighted by atomic mass is 16.5. The Balaban J connectivity index is 1.61. The summed E-state index contributed by atoms with van der Waals surface area (Å²) in [7, 11) is 1.61. The van der Waals surface area contributed by atoms with Gasteiger partial charge in [-0.05, 0) is 37.5 Å². The molecular weight excluding hydrogens is 304 g/mol. The predicted molar refractivity (Wildman–Crippen MR) is 93.3 cm³/mol. The number of rotatable bonds is 4. The minimum atomic E-state index is 0.00291. The Bertz CT molecular complexity index is 697. The maximum Gasteiger partial charge on any atom is 0.227 e. The lowest BCUT2D eigenvalue weighted by Crippen LogP contribution is -2.38. The Kier molecular flexibility index (Phi) is 4.93. The van der Waals surface area contributed by atoms with E-state index in [-0.39, 0.29) is 11.8 Å². The first-order valence-electron chi connectivity index (χ1n) is 8.14. The first-order valence-corrected chi connectivity index (χ1v) is 8.14. The van der Waals surface area contributed by atoms with Gasteiger partial charge in [-0.25, -0.2) is 4.98 Å². The molecule has 6 heteroatoms. The summed E-state index contributed by atoms with van der Waals surface area (Å²) in [6.45, 7) is 3.61. The molecule has 1 N–H and O–H groups in total. The lowest BCUT2D eigenvalue weighted by atomic mass is 9.95. The van der Waals surface area contributed by atoms with Crippen LogP contribution in [0.2, 0.25) is 0 Å². The fourth-order valence-corrected chi connectivity index (χ4v) is 2.98. The van der Waals surface area contributed by atoms with Gasteiger partial charge in [-0.2, -0.15) is 0 Å². The molecule has 1 fully saturated rings. The summed E-state index contributed by atoms with van der Waals surface area (Å²) >= 11 is 0. The molecule has 0 atom stereocenters. The van der Waals surface area contributed by atoms with Crippen molar-refractivity contribution >= 4 is 17.4 Å². The standard InChI is InChI=1S/C18H22N4O2/c1-13-3-4-16(24-2)15(11-13)21-18(23)14-5-9-22(10-6-14)17-12-19-7-8-20-17/h3-4,7-8,11-12,14H,5-6,9-10H2,1-2H3,(H,21,23). The van der Waals surface area contributed by atoms with Crippen molar-refractivity contribution in [2.75, 3.05) is 30.4 Å². The Morgan fingerprint density at radius 2 is 2.08 bits per heavy atom. The smallest absolute Gasteiger partial charge is 0.227 e. The van der Waals surface area contributed by atoms with Gasteiger partial charge < -0.3 is 15.0 Å². The molecule has 1 aromatic carbocycles. The van der Waals surface area contributed by atoms with Crippen LogP contribution in [0.3, 0.4) is 0 Å². The van der Waals surface area contributed by atoms with Gasteiger partial charge in [-0.3, -0.25) is 9.78 Å². The molecule has 0 unspecified atom stereocenters. The fourth-order valence-electron chi connectivity index (χ4n) is 2.98. The van der Waals surface area contributed by atoms with Gasteiger partial charge in [0, 0.05) is 31.4 Å². The van der Waals surface area contributed by atoms with Gasteiger partial charge in [0.2, 0.25) is 5.91 Å². The van der Waals surface area contributed by atoms with E-state index in [0.717, 1.165) is 43.0 Å². The molecule has 6 nitrogen and oxygen atoms in total. The molecule has 2 aromatic rings. The van der Waals surface area contributed by atoms with Crippen molar-refractivity contribution in [1.82, 2.24) is 9.97 Å². The van der Waals surface area contributed by atoms with Crippen molar-refractivity contribution < 1.29 is 9.53 Å². The molecule has 1 aromatic heterocycles. The van der Waals surface area contributed by atoms with E-state index in [9.17, 15) is 4.79 Å². The van der Waals surface area contributed by atoms with Gasteiger partial charge in [0.25, 0.3) is 0 Å². The van der Waals surface area contributed by atoms with E-state index in [0.29, 0.717) is 5.75 Å². The van der Waals surface area contributed by atoms with E-state index in [2.05, 4.69) is 20.2 Å². The average Bonchev–Trinajstić information content (AvgIpc) is 2.63. The Morgan fingerprint density at radius 3 is 2.75 bits per heavy atom. The van der Waals surface area contributed by atoms with Crippen LogP contribution in [0, 0.1) is 12.8 Å². The third-order valence-electron chi connectivity index (χ3n) is 4.35. The number of nitrogens with zero attached hydrogens (tertiary/aromatic N) is 3. The van der Waals surface area contributed by atoms with Crippen molar-refractivity contribution in [2.24, 2.45) is 5.92 Å². The van der Waals surface area contributed by atoms with Crippen molar-refractivity contribution in [3.8, 4) is 5.75 Å². The normalized spacial score (nSPS) is 15.2. The van der Waals surface area contributed by atoms with E-state index in [1.165, 1.54) is 0 Å². The molecule has 2 heterocycles. The number of hydrogen-bond donors (Lipinski definition) is 1. The maximum absolute atomic E-state index is 12.6. The molecular formula is C18H22N4O2. The van der Waals surface area contributed by atoms with E-state index in [1.807, 2.05) is 25.1 Å². The van der Waals surface area contributed by atoms with E-state index in [4.69, 9.17) is 4.74 Å². The molecule has 0 saturated carbocycles. The van der Waals surface area contributed by atoms with Gasteiger partial charge in [-0.15, -0.1) is 0 Å². The average molecular weight is 326 g/mol. The van der Waals surface area contributed by atoms with Crippen LogP contribution < -0.4 is 15.0 Å². The molecule has 24 heavy (non-hydrogen) atoms. The van der Waals surface area contributed by atoms with Crippen molar-refractivity contribution in [2.45, 2.75) is 19.8 Å². The molecule has 0 bridgehead atoms. The monoisotopic (exact) mass is 326 g/mol. The van der Waals surface area contributed by atoms with Crippen LogP contribution in [0.5, 0.6) is 5.75 Å². The van der Waals surface area contributed by atoms with Crippen LogP contribution >= 0.6 is 0 Å². The Hall–Kier alpha value is -2.63. The van der Waals surface area contributed by atoms with Crippen molar-refractivity contribution in [3.05, 3.63) is 42.4 Å². The topological polar surface area (TPSA) is 67.3 Å². The number of aryl methyl sites for hydroxylation is 1. The number of aromatic nitrogens is 2. The fraction of sp³-hybridized carbons (Fsp3) is 0.389. The molecule has 1 aliphatic heterocycles. The van der Waals surface area contributed by atoms with E-state index < -0.39 is 0 Å². The van der Waals surface area contributed by atoms with Crippen molar-refractivity contribution in [3.63, 3.8) is 0 Å². The van der Waals surface area contributed by atoms with Gasteiger partial charge >= 0.3 is 0 Å². The SMILES string of the molecule is COc1ccc(C)cc1NC(=O)C1CCN(c2cnccn2)CC1. The van der Waals surface area contributed by atoms with Gasteiger partial charge in [0.1, 0.15) is 11.6 Å². The highest BCUT2D eigenvalue weighted by Crippen LogP contribution is 2.28.